The summed E-state index contributed by atoms with van der Waals surface area (Å²) in [6.45, 7) is 0. The molecule has 0 aliphatic heterocycles. The highest BCUT2D eigenvalue weighted by Crippen LogP contribution is 2.18. The van der Waals surface area contributed by atoms with Crippen molar-refractivity contribution in [2.75, 3.05) is 0 Å². The molecular weight excluding hydrogens is 244 g/mol. The lowest BCUT2D eigenvalue weighted by Gasteiger charge is -2.00. The summed E-state index contributed by atoms with van der Waals surface area (Å²) in [5, 5.41) is 15.6. The van der Waals surface area contributed by atoms with Crippen molar-refractivity contribution in [1.29, 1.82) is 0 Å². The van der Waals surface area contributed by atoms with E-state index in [4.69, 9.17) is 0 Å². The molecule has 0 saturated carbocycles. The van der Waals surface area contributed by atoms with Gasteiger partial charge in [0.05, 0.1) is 0 Å². The third-order valence-corrected chi connectivity index (χ3v) is 2.49. The van der Waals surface area contributed by atoms with E-state index in [1.165, 1.54) is 24.3 Å². The Morgan fingerprint density at radius 1 is 0.842 bits per heavy atom. The fourth-order valence-corrected chi connectivity index (χ4v) is 1.46. The van der Waals surface area contributed by atoms with Crippen LogP contribution >= 0.6 is 0 Å². The molecule has 0 bridgehead atoms. The van der Waals surface area contributed by atoms with E-state index in [2.05, 4.69) is 5.11 Å². The van der Waals surface area contributed by atoms with E-state index in [0.717, 1.165) is 6.29 Å². The lowest BCUT2D eigenvalue weighted by Crippen LogP contribution is -1.91. The van der Waals surface area contributed by atoms with Crippen molar-refractivity contribution in [2.45, 2.75) is 0 Å². The zero-order valence-corrected chi connectivity index (χ0v) is 9.89. The van der Waals surface area contributed by atoms with Gasteiger partial charge in [0.25, 0.3) is 0 Å². The van der Waals surface area contributed by atoms with Crippen molar-refractivity contribution in [3.63, 3.8) is 0 Å². The Hall–Kier alpha value is -2.82. The first-order chi connectivity index (χ1) is 9.22. The molecule has 0 saturated heterocycles. The second kappa shape index (κ2) is 5.68. The zero-order chi connectivity index (χ0) is 13.7. The minimum Gasteiger partial charge on any atom is -0.594 e. The summed E-state index contributed by atoms with van der Waals surface area (Å²) in [4.78, 5) is 21.4. The van der Waals surface area contributed by atoms with Crippen LogP contribution in [0, 0.1) is 5.21 Å². The number of carbonyl (C=O) groups excluding carboxylic acids is 2. The average Bonchev–Trinajstić information content (AvgIpc) is 2.48. The van der Waals surface area contributed by atoms with Crippen molar-refractivity contribution in [2.24, 2.45) is 5.11 Å². The number of rotatable bonds is 4. The van der Waals surface area contributed by atoms with Gasteiger partial charge in [-0.05, 0) is 36.4 Å². The van der Waals surface area contributed by atoms with E-state index < -0.39 is 0 Å². The number of nitrogens with zero attached hydrogens (tertiary/aromatic N) is 2. The molecule has 2 aromatic carbocycles. The van der Waals surface area contributed by atoms with Gasteiger partial charge in [0.2, 0.25) is 5.69 Å². The molecule has 2 aromatic rings. The van der Waals surface area contributed by atoms with Crippen molar-refractivity contribution in [3.05, 3.63) is 64.9 Å². The van der Waals surface area contributed by atoms with Crippen LogP contribution < -0.4 is 0 Å². The van der Waals surface area contributed by atoms with Crippen LogP contribution in [0.2, 0.25) is 0 Å². The van der Waals surface area contributed by atoms with E-state index in [9.17, 15) is 14.8 Å². The minimum atomic E-state index is 0.324. The Bertz CT molecular complexity index is 616. The molecule has 0 radical (unpaired) electrons. The van der Waals surface area contributed by atoms with Crippen LogP contribution in [0.4, 0.5) is 11.4 Å². The number of aldehydes is 2. The van der Waals surface area contributed by atoms with Crippen molar-refractivity contribution in [3.8, 4) is 0 Å². The predicted molar refractivity (Wildman–Crippen MR) is 69.0 cm³/mol. The first-order valence-electron chi connectivity index (χ1n) is 5.52. The fraction of sp³-hybridized carbons (Fsp3) is 0. The van der Waals surface area contributed by atoms with Crippen molar-refractivity contribution < 1.29 is 14.4 Å². The number of benzene rings is 2. The third kappa shape index (κ3) is 3.10. The van der Waals surface area contributed by atoms with Gasteiger partial charge in [0, 0.05) is 28.4 Å². The molecular formula is C14H10N2O3. The highest BCUT2D eigenvalue weighted by atomic mass is 16.5. The molecule has 2 rings (SSSR count). The molecule has 0 aliphatic rings. The van der Waals surface area contributed by atoms with Crippen molar-refractivity contribution in [1.82, 2.24) is 0 Å². The van der Waals surface area contributed by atoms with Gasteiger partial charge in [-0.25, -0.2) is 0 Å². The second-order valence-electron chi connectivity index (χ2n) is 3.79. The van der Waals surface area contributed by atoms with Crippen LogP contribution in [0.3, 0.4) is 0 Å². The summed E-state index contributed by atoms with van der Waals surface area (Å²) in [5.41, 5.74) is 1.78. The van der Waals surface area contributed by atoms with Gasteiger partial charge >= 0.3 is 0 Å². The van der Waals surface area contributed by atoms with Crippen LogP contribution in [0.5, 0.6) is 0 Å². The van der Waals surface area contributed by atoms with Gasteiger partial charge in [0.1, 0.15) is 18.3 Å². The van der Waals surface area contributed by atoms with E-state index in [1.54, 1.807) is 24.3 Å². The summed E-state index contributed by atoms with van der Waals surface area (Å²) in [7, 11) is 0. The van der Waals surface area contributed by atoms with E-state index in [-0.39, 0.29) is 0 Å². The molecule has 0 spiro atoms. The molecule has 19 heavy (non-hydrogen) atoms. The molecule has 0 fully saturated rings. The molecule has 0 unspecified atom stereocenters. The molecule has 0 atom stereocenters. The lowest BCUT2D eigenvalue weighted by atomic mass is 10.2. The molecule has 0 amide bonds. The maximum atomic E-state index is 11.8. The van der Waals surface area contributed by atoms with Crippen LogP contribution in [0.1, 0.15) is 20.7 Å². The van der Waals surface area contributed by atoms with Gasteiger partial charge in [-0.1, -0.05) is 4.86 Å². The highest BCUT2D eigenvalue weighted by Gasteiger charge is 2.04. The Kier molecular flexibility index (Phi) is 3.78. The smallest absolute Gasteiger partial charge is 0.244 e. The second-order valence-corrected chi connectivity index (χ2v) is 3.79. The van der Waals surface area contributed by atoms with Crippen molar-refractivity contribution >= 4 is 23.9 Å². The SMILES string of the molecule is O=Cc1ccc(N=[N+]([O-])c2ccc(C=O)cc2)cc1. The summed E-state index contributed by atoms with van der Waals surface area (Å²) < 4.78 is 0. The van der Waals surface area contributed by atoms with E-state index >= 15 is 0 Å². The first-order valence-corrected chi connectivity index (χ1v) is 5.52. The van der Waals surface area contributed by atoms with Gasteiger partial charge in [-0.15, -0.1) is 0 Å². The third-order valence-electron chi connectivity index (χ3n) is 2.49. The summed E-state index contributed by atoms with van der Waals surface area (Å²) in [6.07, 6.45) is 1.42. The molecule has 0 heterocycles. The molecule has 94 valence electrons. The van der Waals surface area contributed by atoms with Crippen LogP contribution in [0.25, 0.3) is 0 Å². The van der Waals surface area contributed by atoms with E-state index in [1.807, 2.05) is 0 Å². The molecule has 5 nitrogen and oxygen atoms in total. The van der Waals surface area contributed by atoms with E-state index in [0.29, 0.717) is 33.6 Å². The molecule has 5 heteroatoms. The van der Waals surface area contributed by atoms with Gasteiger partial charge < -0.3 is 5.21 Å². The van der Waals surface area contributed by atoms with Crippen LogP contribution in [0.15, 0.2) is 53.6 Å². The summed E-state index contributed by atoms with van der Waals surface area (Å²) in [5.74, 6) is 0. The largest absolute Gasteiger partial charge is 0.594 e. The zero-order valence-electron chi connectivity index (χ0n) is 9.89. The summed E-state index contributed by atoms with van der Waals surface area (Å²) in [6, 6.07) is 12.4. The van der Waals surface area contributed by atoms with Gasteiger partial charge in [0.15, 0.2) is 0 Å². The van der Waals surface area contributed by atoms with Crippen LogP contribution in [-0.2, 0) is 0 Å². The molecule has 0 N–H and O–H groups in total. The quantitative estimate of drug-likeness (QED) is 0.364. The number of hydrogen-bond donors (Lipinski definition) is 0. The average molecular weight is 254 g/mol. The summed E-state index contributed by atoms with van der Waals surface area (Å²) >= 11 is 0. The molecule has 0 aliphatic carbocycles. The maximum Gasteiger partial charge on any atom is 0.244 e. The number of azo groups is 1. The first kappa shape index (κ1) is 12.6. The Morgan fingerprint density at radius 2 is 1.32 bits per heavy atom. The van der Waals surface area contributed by atoms with Gasteiger partial charge in [-0.2, -0.15) is 0 Å². The van der Waals surface area contributed by atoms with Crippen LogP contribution in [-0.4, -0.2) is 17.4 Å². The minimum absolute atomic E-state index is 0.324. The van der Waals surface area contributed by atoms with Gasteiger partial charge in [-0.3, -0.25) is 9.59 Å². The highest BCUT2D eigenvalue weighted by molar-refractivity contribution is 5.75. The Morgan fingerprint density at radius 3 is 1.79 bits per heavy atom. The molecule has 0 aromatic heterocycles. The monoisotopic (exact) mass is 254 g/mol. The lowest BCUT2D eigenvalue weighted by molar-refractivity contribution is -0.435. The maximum absolute atomic E-state index is 11.8. The Balaban J connectivity index is 2.25. The Labute approximate surface area is 109 Å². The number of carbonyl (C=O) groups is 2. The fourth-order valence-electron chi connectivity index (χ4n) is 1.46. The normalized spacial score (nSPS) is 11.1. The number of hydrogen-bond acceptors (Lipinski definition) is 4. The predicted octanol–water partition coefficient (Wildman–Crippen LogP) is 3.24. The topological polar surface area (TPSA) is 72.6 Å². The standard InChI is InChI=1S/C14H10N2O3/c17-9-11-1-5-13(6-2-11)15-16(19)14-7-3-12(10-18)4-8-14/h1-10H.